The van der Waals surface area contributed by atoms with Gasteiger partial charge in [-0.3, -0.25) is 14.5 Å². The van der Waals surface area contributed by atoms with Crippen LogP contribution in [0.15, 0.2) is 71.2 Å². The number of amides is 2. The van der Waals surface area contributed by atoms with E-state index < -0.39 is 18.0 Å². The molecular weight excluding hydrogens is 547 g/mol. The molecule has 2 amide bonds. The van der Waals surface area contributed by atoms with E-state index >= 15 is 0 Å². The van der Waals surface area contributed by atoms with E-state index in [2.05, 4.69) is 21.2 Å². The molecule has 7 nitrogen and oxygen atoms in total. The number of nitrogens with zero attached hydrogens (tertiary/aromatic N) is 1. The highest BCUT2D eigenvalue weighted by atomic mass is 79.9. The van der Waals surface area contributed by atoms with E-state index in [-0.39, 0.29) is 25.3 Å². The Kier molecular flexibility index (Phi) is 8.92. The van der Waals surface area contributed by atoms with Crippen molar-refractivity contribution in [1.82, 2.24) is 5.32 Å². The first-order valence-electron chi connectivity index (χ1n) is 10.0. The number of carbonyl (C=O) groups excluding carboxylic acids is 2. The summed E-state index contributed by atoms with van der Waals surface area (Å²) in [4.78, 5) is 37.4. The van der Waals surface area contributed by atoms with Crippen LogP contribution in [0, 0.1) is 0 Å². The van der Waals surface area contributed by atoms with Gasteiger partial charge in [-0.1, -0.05) is 51.3 Å². The summed E-state index contributed by atoms with van der Waals surface area (Å²) in [6.07, 6.45) is -0.843. The number of halogens is 3. The van der Waals surface area contributed by atoms with Crippen LogP contribution in [0.2, 0.25) is 10.0 Å². The fourth-order valence-electron chi connectivity index (χ4n) is 2.95. The predicted octanol–water partition coefficient (Wildman–Crippen LogP) is 6.17. The first-order chi connectivity index (χ1) is 16.2. The van der Waals surface area contributed by atoms with Crippen molar-refractivity contribution < 1.29 is 24.2 Å². The maximum Gasteiger partial charge on any atom is 0.420 e. The number of hydrogen-bond donors (Lipinski definition) is 2. The number of rotatable bonds is 8. The summed E-state index contributed by atoms with van der Waals surface area (Å²) in [5, 5.41) is 11.9. The van der Waals surface area contributed by atoms with Gasteiger partial charge in [-0.25, -0.2) is 4.79 Å². The van der Waals surface area contributed by atoms with E-state index in [0.29, 0.717) is 21.3 Å². The minimum Gasteiger partial charge on any atom is -0.481 e. The average molecular weight is 566 g/mol. The van der Waals surface area contributed by atoms with Gasteiger partial charge in [-0.15, -0.1) is 0 Å². The van der Waals surface area contributed by atoms with Crippen molar-refractivity contribution in [2.75, 3.05) is 11.4 Å². The van der Waals surface area contributed by atoms with E-state index in [1.165, 1.54) is 23.1 Å². The molecule has 34 heavy (non-hydrogen) atoms. The summed E-state index contributed by atoms with van der Waals surface area (Å²) in [6.45, 7) is 0.213. The molecule has 0 saturated heterocycles. The van der Waals surface area contributed by atoms with Crippen molar-refractivity contribution in [2.45, 2.75) is 13.0 Å². The number of benzene rings is 3. The Hall–Kier alpha value is -3.07. The second-order valence-corrected chi connectivity index (χ2v) is 8.92. The Morgan fingerprint density at radius 2 is 1.56 bits per heavy atom. The molecule has 3 aromatic rings. The highest BCUT2D eigenvalue weighted by Gasteiger charge is 2.20. The van der Waals surface area contributed by atoms with E-state index in [0.717, 1.165) is 10.0 Å². The highest BCUT2D eigenvalue weighted by molar-refractivity contribution is 9.10. The van der Waals surface area contributed by atoms with Crippen LogP contribution in [0.4, 0.5) is 10.5 Å². The Bertz CT molecular complexity index is 1170. The Morgan fingerprint density at radius 1 is 0.941 bits per heavy atom. The van der Waals surface area contributed by atoms with Crippen molar-refractivity contribution in [3.05, 3.63) is 92.4 Å². The fourth-order valence-corrected chi connectivity index (χ4v) is 3.73. The van der Waals surface area contributed by atoms with Crippen LogP contribution < -0.4 is 15.0 Å². The quantitative estimate of drug-likeness (QED) is 0.341. The predicted molar refractivity (Wildman–Crippen MR) is 134 cm³/mol. The molecule has 0 saturated carbocycles. The minimum atomic E-state index is -1.00. The molecule has 0 aliphatic heterocycles. The highest BCUT2D eigenvalue weighted by Crippen LogP contribution is 2.26. The zero-order chi connectivity index (χ0) is 24.7. The van der Waals surface area contributed by atoms with Crippen LogP contribution in [0.25, 0.3) is 0 Å². The Balaban J connectivity index is 1.82. The average Bonchev–Trinajstić information content (AvgIpc) is 2.77. The molecule has 0 bridgehead atoms. The monoisotopic (exact) mass is 564 g/mol. The van der Waals surface area contributed by atoms with Crippen LogP contribution in [0.1, 0.15) is 22.3 Å². The minimum absolute atomic E-state index is 0.0140. The summed E-state index contributed by atoms with van der Waals surface area (Å²) in [7, 11) is 0. The van der Waals surface area contributed by atoms with Gasteiger partial charge < -0.3 is 15.2 Å². The molecule has 0 aliphatic carbocycles. The second-order valence-electron chi connectivity index (χ2n) is 7.13. The molecule has 0 fully saturated rings. The molecule has 0 radical (unpaired) electrons. The van der Waals surface area contributed by atoms with Crippen LogP contribution >= 0.6 is 39.1 Å². The molecule has 176 valence electrons. The van der Waals surface area contributed by atoms with Gasteiger partial charge in [0, 0.05) is 32.3 Å². The molecule has 3 rings (SSSR count). The zero-order valence-corrected chi connectivity index (χ0v) is 20.7. The lowest BCUT2D eigenvalue weighted by atomic mass is 10.1. The lowest BCUT2D eigenvalue weighted by Crippen LogP contribution is -2.33. The smallest absolute Gasteiger partial charge is 0.420 e. The van der Waals surface area contributed by atoms with E-state index in [1.807, 2.05) is 24.3 Å². The molecule has 0 atom stereocenters. The maximum absolute atomic E-state index is 13.1. The van der Waals surface area contributed by atoms with Crippen LogP contribution in [-0.4, -0.2) is 29.6 Å². The van der Waals surface area contributed by atoms with Crippen LogP contribution in [0.3, 0.4) is 0 Å². The summed E-state index contributed by atoms with van der Waals surface area (Å²) < 4.78 is 6.42. The molecular formula is C24H19BrCl2N2O5. The van der Waals surface area contributed by atoms with Gasteiger partial charge in [0.2, 0.25) is 0 Å². The van der Waals surface area contributed by atoms with Gasteiger partial charge in [0.1, 0.15) is 5.75 Å². The van der Waals surface area contributed by atoms with E-state index in [1.54, 1.807) is 24.3 Å². The number of carboxylic acid groups (broad SMARTS) is 1. The second kappa shape index (κ2) is 11.9. The van der Waals surface area contributed by atoms with Crippen molar-refractivity contribution in [3.63, 3.8) is 0 Å². The molecule has 0 aliphatic rings. The first kappa shape index (κ1) is 25.6. The molecule has 2 N–H and O–H groups in total. The van der Waals surface area contributed by atoms with Crippen LogP contribution in [0.5, 0.6) is 5.75 Å². The van der Waals surface area contributed by atoms with Crippen molar-refractivity contribution >= 4 is 62.8 Å². The molecule has 10 heteroatoms. The van der Waals surface area contributed by atoms with Gasteiger partial charge in [-0.2, -0.15) is 0 Å². The molecule has 0 heterocycles. The summed E-state index contributed by atoms with van der Waals surface area (Å²) in [5.74, 6) is -1.22. The van der Waals surface area contributed by atoms with Crippen molar-refractivity contribution in [1.29, 1.82) is 0 Å². The third-order valence-electron chi connectivity index (χ3n) is 4.58. The number of carboxylic acids is 1. The summed E-state index contributed by atoms with van der Waals surface area (Å²) in [6, 6.07) is 18.2. The standard InChI is InChI=1S/C24H19BrCl2N2O5/c25-17-5-1-15(2-6-17)14-29(24(33)34-21-12-18(26)11-19(27)13-21)20-7-3-16(4-8-20)23(32)28-10-9-22(30)31/h1-8,11-13H,9-10,14H2,(H,28,32)(H,30,31). The lowest BCUT2D eigenvalue weighted by Gasteiger charge is -2.23. The largest absolute Gasteiger partial charge is 0.481 e. The molecule has 0 spiro atoms. The molecule has 3 aromatic carbocycles. The van der Waals surface area contributed by atoms with Gasteiger partial charge >= 0.3 is 12.1 Å². The van der Waals surface area contributed by atoms with Gasteiger partial charge in [0.15, 0.2) is 0 Å². The summed E-state index contributed by atoms with van der Waals surface area (Å²) in [5.41, 5.74) is 1.66. The van der Waals surface area contributed by atoms with Gasteiger partial charge in [-0.05, 0) is 60.2 Å². The van der Waals surface area contributed by atoms with Gasteiger partial charge in [0.25, 0.3) is 5.91 Å². The number of anilines is 1. The molecule has 0 aromatic heterocycles. The Morgan fingerprint density at radius 3 is 2.15 bits per heavy atom. The van der Waals surface area contributed by atoms with Gasteiger partial charge in [0.05, 0.1) is 13.0 Å². The number of carbonyl (C=O) groups is 3. The zero-order valence-electron chi connectivity index (χ0n) is 17.6. The number of hydrogen-bond acceptors (Lipinski definition) is 4. The SMILES string of the molecule is O=C(O)CCNC(=O)c1ccc(N(Cc2ccc(Br)cc2)C(=O)Oc2cc(Cl)cc(Cl)c2)cc1. The third-order valence-corrected chi connectivity index (χ3v) is 5.55. The van der Waals surface area contributed by atoms with Crippen LogP contribution in [-0.2, 0) is 11.3 Å². The maximum atomic E-state index is 13.1. The van der Waals surface area contributed by atoms with Crippen molar-refractivity contribution in [3.8, 4) is 5.75 Å². The molecule has 0 unspecified atom stereocenters. The van der Waals surface area contributed by atoms with E-state index in [9.17, 15) is 14.4 Å². The van der Waals surface area contributed by atoms with E-state index in [4.69, 9.17) is 33.0 Å². The topological polar surface area (TPSA) is 95.9 Å². The number of nitrogens with one attached hydrogen (secondary N) is 1. The third kappa shape index (κ3) is 7.48. The lowest BCUT2D eigenvalue weighted by molar-refractivity contribution is -0.136. The Labute approximate surface area is 214 Å². The number of aliphatic carboxylic acids is 1. The number of ether oxygens (including phenoxy) is 1. The first-order valence-corrected chi connectivity index (χ1v) is 11.6. The fraction of sp³-hybridized carbons (Fsp3) is 0.125. The van der Waals surface area contributed by atoms with Crippen molar-refractivity contribution in [2.24, 2.45) is 0 Å². The normalized spacial score (nSPS) is 10.4. The summed E-state index contributed by atoms with van der Waals surface area (Å²) >= 11 is 15.4.